The first kappa shape index (κ1) is 31.2. The average molecular weight is 690 g/mol. The molecule has 9 aromatic rings. The van der Waals surface area contributed by atoms with Gasteiger partial charge in [0.2, 0.25) is 0 Å². The molecule has 1 aliphatic heterocycles. The summed E-state index contributed by atoms with van der Waals surface area (Å²) in [6.07, 6.45) is 0.492. The lowest BCUT2D eigenvalue weighted by Gasteiger charge is -2.42. The first-order valence-electron chi connectivity index (χ1n) is 18.0. The number of anilines is 3. The van der Waals surface area contributed by atoms with Crippen molar-refractivity contribution < 1.29 is 4.39 Å². The number of aromatic nitrogens is 4. The van der Waals surface area contributed by atoms with Gasteiger partial charge in [-0.25, -0.2) is 14.4 Å². The number of nitrogens with zero attached hydrogens (tertiary/aromatic N) is 5. The first-order valence-corrected chi connectivity index (χ1v) is 18.0. The number of halogens is 1. The highest BCUT2D eigenvalue weighted by molar-refractivity contribution is 6.10. The number of benzene rings is 6. The summed E-state index contributed by atoms with van der Waals surface area (Å²) in [6.45, 7) is 4.62. The van der Waals surface area contributed by atoms with Gasteiger partial charge in [0.05, 0.1) is 27.9 Å². The van der Waals surface area contributed by atoms with Crippen LogP contribution in [-0.2, 0) is 12.5 Å². The zero-order chi connectivity index (χ0) is 35.8. The molecule has 0 fully saturated rings. The van der Waals surface area contributed by atoms with Gasteiger partial charge >= 0.3 is 0 Å². The van der Waals surface area contributed by atoms with Gasteiger partial charge in [-0.15, -0.1) is 0 Å². The van der Waals surface area contributed by atoms with E-state index in [1.165, 1.54) is 16.8 Å². The zero-order valence-electron chi connectivity index (χ0n) is 29.7. The van der Waals surface area contributed by atoms with Gasteiger partial charge in [-0.3, -0.25) is 4.57 Å². The summed E-state index contributed by atoms with van der Waals surface area (Å²) in [5, 5.41) is 2.17. The van der Waals surface area contributed by atoms with E-state index in [-0.39, 0.29) is 5.41 Å². The summed E-state index contributed by atoms with van der Waals surface area (Å²) in [5.41, 5.74) is 12.4. The van der Waals surface area contributed by atoms with Crippen LogP contribution in [0.2, 0.25) is 0 Å². The van der Waals surface area contributed by atoms with Crippen molar-refractivity contribution in [3.05, 3.63) is 180 Å². The second-order valence-electron chi connectivity index (χ2n) is 14.5. The van der Waals surface area contributed by atoms with Gasteiger partial charge in [0.1, 0.15) is 11.5 Å². The number of para-hydroxylation sites is 4. The Kier molecular flexibility index (Phi) is 6.92. The fraction of sp³-hybridized carbons (Fsp3) is 0.106. The predicted molar refractivity (Wildman–Crippen MR) is 214 cm³/mol. The molecule has 3 aromatic heterocycles. The molecule has 10 rings (SSSR count). The standard InChI is InChI=1S/C47H36FN5/c1-47(2)37-21-7-9-23-40(37)52(33-17-5-4-6-18-33)43-29-42-36(28-38(43)47)35-20-13-25-49-46(35)53(42)34-19-12-15-31(27-34)44(48)30-14-11-16-32(26-30)45-50-39-22-8-10-24-41(39)51(45)3/h4-29,44H,1-3H3. The van der Waals surface area contributed by atoms with Gasteiger partial charge in [0, 0.05) is 46.4 Å². The number of aryl methyl sites for hydroxylation is 1. The summed E-state index contributed by atoms with van der Waals surface area (Å²) in [5.74, 6) is 0.809. The summed E-state index contributed by atoms with van der Waals surface area (Å²) >= 11 is 0. The van der Waals surface area contributed by atoms with E-state index in [0.29, 0.717) is 11.1 Å². The molecule has 0 saturated heterocycles. The normalized spacial score (nSPS) is 14.1. The fourth-order valence-corrected chi connectivity index (χ4v) is 8.40. The number of fused-ring (bicyclic) bond motifs is 6. The Labute approximate surface area is 307 Å². The van der Waals surface area contributed by atoms with Crippen LogP contribution in [0.25, 0.3) is 50.0 Å². The smallest absolute Gasteiger partial charge is 0.150 e. The highest BCUT2D eigenvalue weighted by Crippen LogP contribution is 2.53. The minimum atomic E-state index is -1.34. The number of rotatable bonds is 5. The Balaban J connectivity index is 1.13. The van der Waals surface area contributed by atoms with Crippen LogP contribution in [0.3, 0.4) is 0 Å². The van der Waals surface area contributed by atoms with Gasteiger partial charge < -0.3 is 9.47 Å². The molecule has 0 N–H and O–H groups in total. The monoisotopic (exact) mass is 689 g/mol. The van der Waals surface area contributed by atoms with Gasteiger partial charge in [-0.1, -0.05) is 92.7 Å². The molecule has 0 bridgehead atoms. The fourth-order valence-electron chi connectivity index (χ4n) is 8.40. The van der Waals surface area contributed by atoms with Gasteiger partial charge in [0.15, 0.2) is 6.17 Å². The largest absolute Gasteiger partial charge is 0.327 e. The lowest BCUT2D eigenvalue weighted by atomic mass is 9.73. The molecule has 256 valence electrons. The van der Waals surface area contributed by atoms with E-state index in [2.05, 4.69) is 107 Å². The van der Waals surface area contributed by atoms with E-state index >= 15 is 4.39 Å². The van der Waals surface area contributed by atoms with Crippen LogP contribution in [0.5, 0.6) is 0 Å². The molecule has 5 nitrogen and oxygen atoms in total. The molecule has 1 atom stereocenters. The summed E-state index contributed by atoms with van der Waals surface area (Å²) in [4.78, 5) is 12.2. The van der Waals surface area contributed by atoms with E-state index in [0.717, 1.165) is 61.4 Å². The molecule has 0 amide bonds. The molecule has 1 unspecified atom stereocenters. The van der Waals surface area contributed by atoms with Crippen LogP contribution >= 0.6 is 0 Å². The van der Waals surface area contributed by atoms with Crippen molar-refractivity contribution in [3.63, 3.8) is 0 Å². The van der Waals surface area contributed by atoms with Crippen molar-refractivity contribution in [2.75, 3.05) is 4.90 Å². The zero-order valence-corrected chi connectivity index (χ0v) is 29.7. The summed E-state index contributed by atoms with van der Waals surface area (Å²) in [6, 6.07) is 51.6. The van der Waals surface area contributed by atoms with E-state index in [4.69, 9.17) is 9.97 Å². The number of imidazole rings is 1. The molecular weight excluding hydrogens is 654 g/mol. The van der Waals surface area contributed by atoms with Crippen LogP contribution in [0.1, 0.15) is 42.3 Å². The van der Waals surface area contributed by atoms with Gasteiger partial charge in [-0.05, 0) is 95.1 Å². The minimum absolute atomic E-state index is 0.250. The molecule has 0 saturated carbocycles. The molecule has 53 heavy (non-hydrogen) atoms. The maximum atomic E-state index is 16.7. The van der Waals surface area contributed by atoms with Crippen LogP contribution < -0.4 is 4.90 Å². The molecular formula is C47H36FN5. The van der Waals surface area contributed by atoms with Crippen molar-refractivity contribution in [3.8, 4) is 17.1 Å². The molecule has 0 spiro atoms. The second kappa shape index (κ2) is 11.8. The molecule has 0 radical (unpaired) electrons. The predicted octanol–water partition coefficient (Wildman–Crippen LogP) is 11.9. The molecule has 6 aromatic carbocycles. The first-order chi connectivity index (χ1) is 25.9. The summed E-state index contributed by atoms with van der Waals surface area (Å²) < 4.78 is 21.0. The number of alkyl halides is 1. The number of pyridine rings is 1. The van der Waals surface area contributed by atoms with Crippen molar-refractivity contribution in [1.82, 2.24) is 19.1 Å². The van der Waals surface area contributed by atoms with Crippen molar-refractivity contribution in [2.45, 2.75) is 25.4 Å². The molecule has 1 aliphatic rings. The topological polar surface area (TPSA) is 38.9 Å². The Bertz CT molecular complexity index is 2870. The van der Waals surface area contributed by atoms with E-state index in [1.807, 2.05) is 86.0 Å². The Morgan fingerprint density at radius 3 is 2.19 bits per heavy atom. The van der Waals surface area contributed by atoms with E-state index in [1.54, 1.807) is 0 Å². The lowest BCUT2D eigenvalue weighted by molar-refractivity contribution is 0.402. The maximum Gasteiger partial charge on any atom is 0.150 e. The second-order valence-corrected chi connectivity index (χ2v) is 14.5. The van der Waals surface area contributed by atoms with Crippen molar-refractivity contribution in [1.29, 1.82) is 0 Å². The Hall–Kier alpha value is -6.53. The Morgan fingerprint density at radius 2 is 1.34 bits per heavy atom. The average Bonchev–Trinajstić information content (AvgIpc) is 3.72. The SMILES string of the molecule is Cn1c(-c2cccc(C(F)c3cccc(-n4c5cc6c(cc5c5cccnc54)C(C)(C)c4ccccc4N6c4ccccc4)c3)c2)nc2ccccc21. The molecule has 0 aliphatic carbocycles. The van der Waals surface area contributed by atoms with E-state index < -0.39 is 6.17 Å². The quantitative estimate of drug-likeness (QED) is 0.181. The summed E-state index contributed by atoms with van der Waals surface area (Å²) in [7, 11) is 2.00. The third kappa shape index (κ3) is 4.75. The Morgan fingerprint density at radius 1 is 0.604 bits per heavy atom. The van der Waals surface area contributed by atoms with Crippen LogP contribution in [0, 0.1) is 0 Å². The van der Waals surface area contributed by atoms with Gasteiger partial charge in [0.25, 0.3) is 0 Å². The molecule has 4 heterocycles. The van der Waals surface area contributed by atoms with Crippen LogP contribution in [0.15, 0.2) is 158 Å². The minimum Gasteiger partial charge on any atom is -0.327 e. The van der Waals surface area contributed by atoms with E-state index in [9.17, 15) is 0 Å². The number of hydrogen-bond donors (Lipinski definition) is 0. The third-order valence-electron chi connectivity index (χ3n) is 11.0. The molecule has 6 heteroatoms. The third-order valence-corrected chi connectivity index (χ3v) is 11.0. The van der Waals surface area contributed by atoms with Crippen molar-refractivity contribution in [2.24, 2.45) is 7.05 Å². The van der Waals surface area contributed by atoms with Crippen LogP contribution in [-0.4, -0.2) is 19.1 Å². The lowest BCUT2D eigenvalue weighted by Crippen LogP contribution is -2.30. The van der Waals surface area contributed by atoms with Crippen LogP contribution in [0.4, 0.5) is 21.5 Å². The maximum absolute atomic E-state index is 16.7. The van der Waals surface area contributed by atoms with Gasteiger partial charge in [-0.2, -0.15) is 0 Å². The number of hydrogen-bond acceptors (Lipinski definition) is 3. The highest BCUT2D eigenvalue weighted by atomic mass is 19.1. The van der Waals surface area contributed by atoms with Crippen molar-refractivity contribution >= 4 is 50.0 Å². The highest BCUT2D eigenvalue weighted by Gasteiger charge is 2.37.